The summed E-state index contributed by atoms with van der Waals surface area (Å²) in [5.74, 6) is 0.704. The highest BCUT2D eigenvalue weighted by molar-refractivity contribution is 7.99. The zero-order valence-electron chi connectivity index (χ0n) is 9.81. The van der Waals surface area contributed by atoms with Gasteiger partial charge in [0.15, 0.2) is 0 Å². The van der Waals surface area contributed by atoms with Crippen molar-refractivity contribution in [2.24, 2.45) is 0 Å². The molecule has 0 aromatic carbocycles. The van der Waals surface area contributed by atoms with Gasteiger partial charge in [0.2, 0.25) is 0 Å². The molecule has 0 amide bonds. The Kier molecular flexibility index (Phi) is 3.75. The topological polar surface area (TPSA) is 74.7 Å². The molecule has 1 aliphatic rings. The second-order valence-electron chi connectivity index (χ2n) is 4.29. The molecule has 1 heterocycles. The van der Waals surface area contributed by atoms with Crippen LogP contribution in [0.15, 0.2) is 12.3 Å². The van der Waals surface area contributed by atoms with Crippen molar-refractivity contribution in [2.75, 3.05) is 17.3 Å². The van der Waals surface area contributed by atoms with Gasteiger partial charge in [0.05, 0.1) is 11.3 Å². The molecular formula is C12H16N4S. The Balaban J connectivity index is 2.02. The standard InChI is InChI=1S/C12H16N4S/c1-17-10-3-2-9(5-10)16-12-11(14)4-8(6-13)7-15-12/h4,7,9-10H,2-3,5,14H2,1H3,(H,15,16). The Labute approximate surface area is 106 Å². The third-order valence-electron chi connectivity index (χ3n) is 3.10. The number of thioether (sulfide) groups is 1. The van der Waals surface area contributed by atoms with Gasteiger partial charge in [-0.1, -0.05) is 0 Å². The van der Waals surface area contributed by atoms with Crippen LogP contribution < -0.4 is 11.1 Å². The summed E-state index contributed by atoms with van der Waals surface area (Å²) in [6.07, 6.45) is 7.27. The lowest BCUT2D eigenvalue weighted by Gasteiger charge is -2.14. The van der Waals surface area contributed by atoms with Crippen molar-refractivity contribution < 1.29 is 0 Å². The number of nitrogens with two attached hydrogens (primary N) is 1. The molecule has 1 aliphatic carbocycles. The summed E-state index contributed by atoms with van der Waals surface area (Å²) in [7, 11) is 0. The van der Waals surface area contributed by atoms with Crippen LogP contribution in [0, 0.1) is 11.3 Å². The van der Waals surface area contributed by atoms with Gasteiger partial charge in [-0.2, -0.15) is 17.0 Å². The van der Waals surface area contributed by atoms with Crippen LogP contribution in [0.4, 0.5) is 11.5 Å². The molecule has 5 heteroatoms. The third kappa shape index (κ3) is 2.83. The molecule has 2 rings (SSSR count). The fraction of sp³-hybridized carbons (Fsp3) is 0.500. The summed E-state index contributed by atoms with van der Waals surface area (Å²) >= 11 is 1.92. The maximum Gasteiger partial charge on any atom is 0.149 e. The number of aromatic nitrogens is 1. The number of anilines is 2. The first kappa shape index (κ1) is 12.1. The van der Waals surface area contributed by atoms with E-state index < -0.39 is 0 Å². The van der Waals surface area contributed by atoms with Crippen LogP contribution in [0.2, 0.25) is 0 Å². The largest absolute Gasteiger partial charge is 0.396 e. The maximum absolute atomic E-state index is 8.74. The van der Waals surface area contributed by atoms with E-state index in [1.165, 1.54) is 6.42 Å². The van der Waals surface area contributed by atoms with Crippen LogP contribution in [0.25, 0.3) is 0 Å². The summed E-state index contributed by atoms with van der Waals surface area (Å²) in [4.78, 5) is 4.20. The number of nitrogens with zero attached hydrogens (tertiary/aromatic N) is 2. The molecule has 2 unspecified atom stereocenters. The lowest BCUT2D eigenvalue weighted by Crippen LogP contribution is -2.18. The van der Waals surface area contributed by atoms with E-state index in [2.05, 4.69) is 16.6 Å². The number of rotatable bonds is 3. The molecule has 2 atom stereocenters. The van der Waals surface area contributed by atoms with Crippen LogP contribution in [0.1, 0.15) is 24.8 Å². The first-order valence-electron chi connectivity index (χ1n) is 5.68. The first-order chi connectivity index (χ1) is 8.22. The Hall–Kier alpha value is -1.41. The van der Waals surface area contributed by atoms with Crippen molar-refractivity contribution in [2.45, 2.75) is 30.6 Å². The average Bonchev–Trinajstić information content (AvgIpc) is 2.79. The van der Waals surface area contributed by atoms with Crippen LogP contribution >= 0.6 is 11.8 Å². The summed E-state index contributed by atoms with van der Waals surface area (Å²) in [6, 6.07) is 4.15. The van der Waals surface area contributed by atoms with E-state index >= 15 is 0 Å². The average molecular weight is 248 g/mol. The quantitative estimate of drug-likeness (QED) is 0.858. The summed E-state index contributed by atoms with van der Waals surface area (Å²) in [5, 5.41) is 12.8. The second-order valence-corrected chi connectivity index (χ2v) is 5.42. The summed E-state index contributed by atoms with van der Waals surface area (Å²) in [5.41, 5.74) is 6.91. The van der Waals surface area contributed by atoms with Crippen LogP contribution in [-0.2, 0) is 0 Å². The number of hydrogen-bond acceptors (Lipinski definition) is 5. The fourth-order valence-corrected chi connectivity index (χ4v) is 2.94. The molecular weight excluding hydrogens is 232 g/mol. The number of pyridine rings is 1. The lowest BCUT2D eigenvalue weighted by atomic mass is 10.2. The minimum atomic E-state index is 0.454. The van der Waals surface area contributed by atoms with Crippen molar-refractivity contribution >= 4 is 23.3 Å². The molecule has 1 aromatic rings. The predicted octanol–water partition coefficient (Wildman–Crippen LogP) is 2.23. The van der Waals surface area contributed by atoms with Gasteiger partial charge in [-0.3, -0.25) is 0 Å². The van der Waals surface area contributed by atoms with Gasteiger partial charge in [-0.05, 0) is 31.6 Å². The molecule has 3 N–H and O–H groups in total. The number of nitriles is 1. The SMILES string of the molecule is CSC1CCC(Nc2ncc(C#N)cc2N)C1. The Morgan fingerprint density at radius 3 is 3.00 bits per heavy atom. The number of nitrogen functional groups attached to an aromatic ring is 1. The van der Waals surface area contributed by atoms with Gasteiger partial charge >= 0.3 is 0 Å². The lowest BCUT2D eigenvalue weighted by molar-refractivity contribution is 0.752. The van der Waals surface area contributed by atoms with Gasteiger partial charge in [0, 0.05) is 17.5 Å². The normalized spacial score (nSPS) is 23.3. The minimum absolute atomic E-state index is 0.454. The molecule has 90 valence electrons. The minimum Gasteiger partial charge on any atom is -0.396 e. The predicted molar refractivity (Wildman–Crippen MR) is 71.9 cm³/mol. The highest BCUT2D eigenvalue weighted by atomic mass is 32.2. The molecule has 17 heavy (non-hydrogen) atoms. The first-order valence-corrected chi connectivity index (χ1v) is 6.96. The van der Waals surface area contributed by atoms with Gasteiger partial charge < -0.3 is 11.1 Å². The fourth-order valence-electron chi connectivity index (χ4n) is 2.14. The number of nitrogens with one attached hydrogen (secondary N) is 1. The molecule has 0 spiro atoms. The van der Waals surface area contributed by atoms with Crippen molar-refractivity contribution in [3.05, 3.63) is 17.8 Å². The molecule has 1 saturated carbocycles. The summed E-state index contributed by atoms with van der Waals surface area (Å²) in [6.45, 7) is 0. The third-order valence-corrected chi connectivity index (χ3v) is 4.20. The van der Waals surface area contributed by atoms with Gasteiger partial charge in [0.25, 0.3) is 0 Å². The van der Waals surface area contributed by atoms with Crippen LogP contribution in [-0.4, -0.2) is 22.5 Å². The van der Waals surface area contributed by atoms with Crippen molar-refractivity contribution in [3.63, 3.8) is 0 Å². The van der Waals surface area contributed by atoms with Gasteiger partial charge in [-0.15, -0.1) is 0 Å². The van der Waals surface area contributed by atoms with E-state index in [0.717, 1.165) is 18.1 Å². The Morgan fingerprint density at radius 2 is 2.41 bits per heavy atom. The number of hydrogen-bond donors (Lipinski definition) is 2. The van der Waals surface area contributed by atoms with E-state index in [1.54, 1.807) is 12.3 Å². The van der Waals surface area contributed by atoms with Crippen LogP contribution in [0.5, 0.6) is 0 Å². The van der Waals surface area contributed by atoms with E-state index in [-0.39, 0.29) is 0 Å². The van der Waals surface area contributed by atoms with E-state index in [0.29, 0.717) is 23.1 Å². The molecule has 0 aliphatic heterocycles. The molecule has 4 nitrogen and oxygen atoms in total. The van der Waals surface area contributed by atoms with Crippen molar-refractivity contribution in [3.8, 4) is 6.07 Å². The van der Waals surface area contributed by atoms with Crippen molar-refractivity contribution in [1.29, 1.82) is 5.26 Å². The zero-order valence-corrected chi connectivity index (χ0v) is 10.6. The molecule has 0 saturated heterocycles. The molecule has 1 aromatic heterocycles. The highest BCUT2D eigenvalue weighted by Crippen LogP contribution is 2.30. The van der Waals surface area contributed by atoms with E-state index in [1.807, 2.05) is 17.8 Å². The van der Waals surface area contributed by atoms with Crippen molar-refractivity contribution in [1.82, 2.24) is 4.98 Å². The van der Waals surface area contributed by atoms with Crippen LogP contribution in [0.3, 0.4) is 0 Å². The molecule has 1 fully saturated rings. The van der Waals surface area contributed by atoms with E-state index in [9.17, 15) is 0 Å². The highest BCUT2D eigenvalue weighted by Gasteiger charge is 2.24. The second kappa shape index (κ2) is 5.28. The molecule has 0 bridgehead atoms. The zero-order chi connectivity index (χ0) is 12.3. The smallest absolute Gasteiger partial charge is 0.149 e. The van der Waals surface area contributed by atoms with E-state index in [4.69, 9.17) is 11.0 Å². The maximum atomic E-state index is 8.74. The monoisotopic (exact) mass is 248 g/mol. The van der Waals surface area contributed by atoms with Gasteiger partial charge in [-0.25, -0.2) is 4.98 Å². The molecule has 0 radical (unpaired) electrons. The Morgan fingerprint density at radius 1 is 1.59 bits per heavy atom. The summed E-state index contributed by atoms with van der Waals surface area (Å²) < 4.78 is 0. The van der Waals surface area contributed by atoms with Gasteiger partial charge in [0.1, 0.15) is 11.9 Å². The Bertz CT molecular complexity index is 441.